The number of rotatable bonds is 4. The molecule has 0 spiro atoms. The molecule has 4 rings (SSSR count). The number of piperidine rings is 1. The van der Waals surface area contributed by atoms with E-state index in [1.165, 1.54) is 18.4 Å². The molecule has 0 bridgehead atoms. The average molecular weight is 336 g/mol. The van der Waals surface area contributed by atoms with Gasteiger partial charge in [-0.1, -0.05) is 12.1 Å². The maximum absolute atomic E-state index is 9.07. The van der Waals surface area contributed by atoms with Gasteiger partial charge in [-0.3, -0.25) is 14.5 Å². The number of likely N-dealkylation sites (N-methyl/N-ethyl adjacent to an activating group) is 1. The summed E-state index contributed by atoms with van der Waals surface area (Å²) in [5, 5.41) is 13.3. The van der Waals surface area contributed by atoms with Gasteiger partial charge < -0.3 is 0 Å². The van der Waals surface area contributed by atoms with Crippen molar-refractivity contribution in [3.8, 4) is 6.07 Å². The molecule has 3 atom stereocenters. The van der Waals surface area contributed by atoms with Crippen LogP contribution in [-0.4, -0.2) is 56.8 Å². The van der Waals surface area contributed by atoms with Gasteiger partial charge in [0.1, 0.15) is 12.7 Å². The quantitative estimate of drug-likeness (QED) is 0.851. The van der Waals surface area contributed by atoms with Crippen LogP contribution in [0.15, 0.2) is 36.9 Å². The minimum Gasteiger partial charge on any atom is -0.299 e. The predicted octanol–water partition coefficient (Wildman–Crippen LogP) is 1.74. The fraction of sp³-hybridized carbons (Fsp3) is 0.526. The number of nitriles is 1. The first-order valence-corrected chi connectivity index (χ1v) is 8.98. The topological polar surface area (TPSA) is 61.0 Å². The highest BCUT2D eigenvalue weighted by Gasteiger charge is 2.41. The van der Waals surface area contributed by atoms with Gasteiger partial charge in [-0.2, -0.15) is 10.4 Å². The molecule has 2 aliphatic heterocycles. The molecule has 0 saturated carbocycles. The zero-order chi connectivity index (χ0) is 17.2. The van der Waals surface area contributed by atoms with Crippen LogP contribution in [0.1, 0.15) is 24.0 Å². The number of likely N-dealkylation sites (tertiary alicyclic amines) is 2. The Bertz CT molecular complexity index is 750. The van der Waals surface area contributed by atoms with Crippen LogP contribution in [0.2, 0.25) is 0 Å². The van der Waals surface area contributed by atoms with Crippen molar-refractivity contribution in [1.82, 2.24) is 24.6 Å². The molecule has 0 unspecified atom stereocenters. The van der Waals surface area contributed by atoms with Crippen LogP contribution in [-0.2, 0) is 13.1 Å². The van der Waals surface area contributed by atoms with Crippen molar-refractivity contribution < 1.29 is 0 Å². The number of benzene rings is 1. The van der Waals surface area contributed by atoms with Gasteiger partial charge in [-0.05, 0) is 50.0 Å². The van der Waals surface area contributed by atoms with Gasteiger partial charge in [0.2, 0.25) is 0 Å². The van der Waals surface area contributed by atoms with Crippen molar-refractivity contribution in [3.63, 3.8) is 0 Å². The monoisotopic (exact) mass is 336 g/mol. The Morgan fingerprint density at radius 3 is 3.08 bits per heavy atom. The number of hydrogen-bond acceptors (Lipinski definition) is 5. The molecule has 0 radical (unpaired) electrons. The van der Waals surface area contributed by atoms with E-state index >= 15 is 0 Å². The van der Waals surface area contributed by atoms with E-state index in [1.807, 2.05) is 29.2 Å². The number of hydrogen-bond donors (Lipinski definition) is 0. The van der Waals surface area contributed by atoms with Gasteiger partial charge in [0.25, 0.3) is 0 Å². The third-order valence-corrected chi connectivity index (χ3v) is 5.78. The van der Waals surface area contributed by atoms with Crippen LogP contribution in [0, 0.1) is 17.2 Å². The molecule has 1 aromatic carbocycles. The summed E-state index contributed by atoms with van der Waals surface area (Å²) in [5.41, 5.74) is 1.99. The van der Waals surface area contributed by atoms with E-state index in [1.54, 1.807) is 6.33 Å². The number of nitrogens with zero attached hydrogens (tertiary/aromatic N) is 6. The third kappa shape index (κ3) is 3.44. The lowest BCUT2D eigenvalue weighted by atomic mass is 9.92. The van der Waals surface area contributed by atoms with Crippen molar-refractivity contribution in [2.24, 2.45) is 5.92 Å². The maximum atomic E-state index is 9.07. The van der Waals surface area contributed by atoms with E-state index in [-0.39, 0.29) is 0 Å². The Labute approximate surface area is 148 Å². The Balaban J connectivity index is 1.38. The summed E-state index contributed by atoms with van der Waals surface area (Å²) in [6.45, 7) is 4.13. The molecule has 6 heteroatoms. The van der Waals surface area contributed by atoms with Gasteiger partial charge in [0.15, 0.2) is 0 Å². The molecule has 1 aromatic heterocycles. The SMILES string of the molecule is CN1[C@H](Cn2cncn2)C[C@@H]2CN(Cc3cccc(C#N)c3)CC[C@@H]21. The standard InChI is InChI=1S/C19H24N6/c1-23-18(12-25-14-21-13-22-25)8-17-11-24(6-5-19(17)23)10-16-4-2-3-15(7-16)9-20/h2-4,7,13-14,17-19H,5-6,8,10-12H2,1H3/t17-,18+,19+/m1/s1. The Kier molecular flexibility index (Phi) is 4.51. The lowest BCUT2D eigenvalue weighted by Gasteiger charge is -2.37. The molecule has 0 amide bonds. The fourth-order valence-corrected chi connectivity index (χ4v) is 4.54. The molecule has 130 valence electrons. The van der Waals surface area contributed by atoms with Gasteiger partial charge in [0, 0.05) is 25.2 Å². The molecule has 2 fully saturated rings. The first-order valence-electron chi connectivity index (χ1n) is 8.98. The second-order valence-electron chi connectivity index (χ2n) is 7.34. The van der Waals surface area contributed by atoms with E-state index in [0.29, 0.717) is 18.0 Å². The molecule has 2 aliphatic rings. The number of aromatic nitrogens is 3. The summed E-state index contributed by atoms with van der Waals surface area (Å²) in [4.78, 5) is 9.16. The van der Waals surface area contributed by atoms with Gasteiger partial charge >= 0.3 is 0 Å². The fourth-order valence-electron chi connectivity index (χ4n) is 4.54. The molecule has 25 heavy (non-hydrogen) atoms. The summed E-state index contributed by atoms with van der Waals surface area (Å²) in [6, 6.07) is 11.4. The lowest BCUT2D eigenvalue weighted by molar-refractivity contribution is 0.109. The first kappa shape index (κ1) is 16.2. The van der Waals surface area contributed by atoms with E-state index in [9.17, 15) is 0 Å². The minimum absolute atomic E-state index is 0.540. The number of fused-ring (bicyclic) bond motifs is 1. The second-order valence-corrected chi connectivity index (χ2v) is 7.34. The molecular formula is C19H24N6. The van der Waals surface area contributed by atoms with E-state index < -0.39 is 0 Å². The molecule has 2 saturated heterocycles. The molecule has 0 N–H and O–H groups in total. The van der Waals surface area contributed by atoms with Crippen LogP contribution < -0.4 is 0 Å². The highest BCUT2D eigenvalue weighted by atomic mass is 15.3. The van der Waals surface area contributed by atoms with Crippen LogP contribution in [0.4, 0.5) is 0 Å². The van der Waals surface area contributed by atoms with Crippen molar-refractivity contribution in [1.29, 1.82) is 5.26 Å². The summed E-state index contributed by atoms with van der Waals surface area (Å²) in [6.07, 6.45) is 5.85. The average Bonchev–Trinajstić information content (AvgIpc) is 3.24. The lowest BCUT2D eigenvalue weighted by Crippen LogP contribution is -2.45. The summed E-state index contributed by atoms with van der Waals surface area (Å²) >= 11 is 0. The van der Waals surface area contributed by atoms with E-state index in [2.05, 4.69) is 39.1 Å². The highest BCUT2D eigenvalue weighted by Crippen LogP contribution is 2.35. The first-order chi connectivity index (χ1) is 12.2. The van der Waals surface area contributed by atoms with Gasteiger partial charge in [0.05, 0.1) is 18.2 Å². The summed E-state index contributed by atoms with van der Waals surface area (Å²) in [7, 11) is 2.26. The molecule has 3 heterocycles. The molecule has 2 aromatic rings. The molecular weight excluding hydrogens is 312 g/mol. The van der Waals surface area contributed by atoms with Crippen molar-refractivity contribution in [2.75, 3.05) is 20.1 Å². The maximum Gasteiger partial charge on any atom is 0.137 e. The summed E-state index contributed by atoms with van der Waals surface area (Å²) < 4.78 is 1.95. The van der Waals surface area contributed by atoms with E-state index in [4.69, 9.17) is 5.26 Å². The minimum atomic E-state index is 0.540. The Morgan fingerprint density at radius 1 is 1.36 bits per heavy atom. The van der Waals surface area contributed by atoms with E-state index in [0.717, 1.165) is 31.7 Å². The zero-order valence-electron chi connectivity index (χ0n) is 14.6. The van der Waals surface area contributed by atoms with Crippen LogP contribution in [0.5, 0.6) is 0 Å². The third-order valence-electron chi connectivity index (χ3n) is 5.78. The van der Waals surface area contributed by atoms with Gasteiger partial charge in [-0.15, -0.1) is 0 Å². The van der Waals surface area contributed by atoms with Crippen LogP contribution in [0.3, 0.4) is 0 Å². The van der Waals surface area contributed by atoms with Crippen LogP contribution in [0.25, 0.3) is 0 Å². The predicted molar refractivity (Wildman–Crippen MR) is 94.5 cm³/mol. The molecule has 6 nitrogen and oxygen atoms in total. The second kappa shape index (κ2) is 6.95. The highest BCUT2D eigenvalue weighted by molar-refractivity contribution is 5.32. The largest absolute Gasteiger partial charge is 0.299 e. The van der Waals surface area contributed by atoms with Crippen LogP contribution >= 0.6 is 0 Å². The normalized spacial score (nSPS) is 27.1. The zero-order valence-corrected chi connectivity index (χ0v) is 14.6. The van der Waals surface area contributed by atoms with Crippen molar-refractivity contribution in [2.45, 2.75) is 38.0 Å². The summed E-state index contributed by atoms with van der Waals surface area (Å²) in [5.74, 6) is 0.714. The Hall–Kier alpha value is -2.23. The Morgan fingerprint density at radius 2 is 2.28 bits per heavy atom. The smallest absolute Gasteiger partial charge is 0.137 e. The van der Waals surface area contributed by atoms with Crippen molar-refractivity contribution in [3.05, 3.63) is 48.0 Å². The van der Waals surface area contributed by atoms with Gasteiger partial charge in [-0.25, -0.2) is 4.98 Å². The van der Waals surface area contributed by atoms with Crippen molar-refractivity contribution >= 4 is 0 Å². The molecule has 0 aliphatic carbocycles.